The first-order chi connectivity index (χ1) is 8.69. The molecule has 2 heterocycles. The second-order valence-electron chi connectivity index (χ2n) is 5.88. The highest BCUT2D eigenvalue weighted by molar-refractivity contribution is 5.85. The lowest BCUT2D eigenvalue weighted by Gasteiger charge is -2.34. The van der Waals surface area contributed by atoms with Gasteiger partial charge >= 0.3 is 0 Å². The number of amides is 1. The Morgan fingerprint density at radius 3 is 2.89 bits per heavy atom. The zero-order valence-electron chi connectivity index (χ0n) is 12.2. The average Bonchev–Trinajstić information content (AvgIpc) is 2.39. The van der Waals surface area contributed by atoms with E-state index < -0.39 is 0 Å². The first-order valence-electron chi connectivity index (χ1n) is 7.45. The zero-order chi connectivity index (χ0) is 13.0. The predicted octanol–water partition coefficient (Wildman–Crippen LogP) is 1.40. The quantitative estimate of drug-likeness (QED) is 0.825. The molecule has 2 aliphatic heterocycles. The van der Waals surface area contributed by atoms with E-state index >= 15 is 0 Å². The van der Waals surface area contributed by atoms with Gasteiger partial charge in [0.2, 0.25) is 5.91 Å². The van der Waals surface area contributed by atoms with Crippen molar-refractivity contribution in [3.05, 3.63) is 0 Å². The molecule has 1 amide bonds. The predicted molar refractivity (Wildman–Crippen MR) is 80.7 cm³/mol. The number of rotatable bonds is 3. The summed E-state index contributed by atoms with van der Waals surface area (Å²) in [6.45, 7) is 8.69. The lowest BCUT2D eigenvalue weighted by atomic mass is 9.93. The Hall–Kier alpha value is -0.320. The molecular formula is C14H28ClN3O. The van der Waals surface area contributed by atoms with Gasteiger partial charge < -0.3 is 15.5 Å². The maximum absolute atomic E-state index is 12.2. The minimum Gasteiger partial charge on any atom is -0.351 e. The molecule has 4 nitrogen and oxygen atoms in total. The van der Waals surface area contributed by atoms with Crippen LogP contribution >= 0.6 is 12.4 Å². The van der Waals surface area contributed by atoms with E-state index in [-0.39, 0.29) is 24.4 Å². The molecule has 3 atom stereocenters. The zero-order valence-corrected chi connectivity index (χ0v) is 13.0. The standard InChI is InChI=1S/C14H27N3O.ClH/c1-3-17-8-4-5-12(10-17)16-14(18)13-9-11(2)6-7-15-13;/h11-13,15H,3-10H2,1-2H3,(H,16,18);1H. The van der Waals surface area contributed by atoms with E-state index in [4.69, 9.17) is 0 Å². The van der Waals surface area contributed by atoms with E-state index in [1.807, 2.05) is 0 Å². The number of likely N-dealkylation sites (N-methyl/N-ethyl adjacent to an activating group) is 1. The molecule has 19 heavy (non-hydrogen) atoms. The summed E-state index contributed by atoms with van der Waals surface area (Å²) in [5.74, 6) is 0.880. The highest BCUT2D eigenvalue weighted by Crippen LogP contribution is 2.16. The molecule has 5 heteroatoms. The second-order valence-corrected chi connectivity index (χ2v) is 5.88. The van der Waals surface area contributed by atoms with Crippen molar-refractivity contribution < 1.29 is 4.79 Å². The Labute approximate surface area is 123 Å². The van der Waals surface area contributed by atoms with Crippen molar-refractivity contribution in [3.8, 4) is 0 Å². The number of carbonyl (C=O) groups excluding carboxylic acids is 1. The first kappa shape index (κ1) is 16.7. The van der Waals surface area contributed by atoms with Crippen LogP contribution in [-0.2, 0) is 4.79 Å². The lowest BCUT2D eigenvalue weighted by Crippen LogP contribution is -2.54. The maximum atomic E-state index is 12.2. The van der Waals surface area contributed by atoms with E-state index in [0.717, 1.165) is 32.5 Å². The second kappa shape index (κ2) is 8.08. The Kier molecular flexibility index (Phi) is 7.11. The summed E-state index contributed by atoms with van der Waals surface area (Å²) in [5.41, 5.74) is 0. The summed E-state index contributed by atoms with van der Waals surface area (Å²) in [7, 11) is 0. The molecule has 0 aliphatic carbocycles. The number of likely N-dealkylation sites (tertiary alicyclic amines) is 1. The van der Waals surface area contributed by atoms with E-state index in [1.165, 1.54) is 19.4 Å². The Morgan fingerprint density at radius 2 is 2.21 bits per heavy atom. The van der Waals surface area contributed by atoms with Crippen LogP contribution in [0.25, 0.3) is 0 Å². The molecule has 0 spiro atoms. The van der Waals surface area contributed by atoms with Crippen LogP contribution < -0.4 is 10.6 Å². The molecule has 0 aromatic rings. The molecule has 2 rings (SSSR count). The van der Waals surface area contributed by atoms with Crippen molar-refractivity contribution in [2.24, 2.45) is 5.92 Å². The van der Waals surface area contributed by atoms with Crippen LogP contribution in [0.4, 0.5) is 0 Å². The number of hydrogen-bond donors (Lipinski definition) is 2. The van der Waals surface area contributed by atoms with Gasteiger partial charge in [0.05, 0.1) is 6.04 Å². The molecule has 112 valence electrons. The summed E-state index contributed by atoms with van der Waals surface area (Å²) < 4.78 is 0. The molecule has 0 radical (unpaired) electrons. The Balaban J connectivity index is 0.00000180. The van der Waals surface area contributed by atoms with Crippen LogP contribution in [0.15, 0.2) is 0 Å². The highest BCUT2D eigenvalue weighted by Gasteiger charge is 2.27. The normalized spacial score (nSPS) is 32.4. The SMILES string of the molecule is CCN1CCCC(NC(=O)C2CC(C)CCN2)C1.Cl. The maximum Gasteiger partial charge on any atom is 0.237 e. The fourth-order valence-electron chi connectivity index (χ4n) is 3.07. The topological polar surface area (TPSA) is 44.4 Å². The van der Waals surface area contributed by atoms with Crippen molar-refractivity contribution in [1.82, 2.24) is 15.5 Å². The van der Waals surface area contributed by atoms with Crippen LogP contribution in [0.2, 0.25) is 0 Å². The molecule has 0 aromatic carbocycles. The number of piperidine rings is 2. The molecule has 2 saturated heterocycles. The molecule has 0 saturated carbocycles. The molecule has 0 bridgehead atoms. The van der Waals surface area contributed by atoms with Crippen LogP contribution in [0.3, 0.4) is 0 Å². The lowest BCUT2D eigenvalue weighted by molar-refractivity contribution is -0.125. The van der Waals surface area contributed by atoms with Crippen LogP contribution in [-0.4, -0.2) is 49.1 Å². The summed E-state index contributed by atoms with van der Waals surface area (Å²) in [5, 5.41) is 6.57. The molecule has 2 aliphatic rings. The van der Waals surface area contributed by atoms with Gasteiger partial charge in [0, 0.05) is 12.6 Å². The van der Waals surface area contributed by atoms with E-state index in [2.05, 4.69) is 29.4 Å². The highest BCUT2D eigenvalue weighted by atomic mass is 35.5. The van der Waals surface area contributed by atoms with Gasteiger partial charge in [-0.15, -0.1) is 12.4 Å². The number of hydrogen-bond acceptors (Lipinski definition) is 3. The molecule has 3 unspecified atom stereocenters. The fraction of sp³-hybridized carbons (Fsp3) is 0.929. The molecule has 2 N–H and O–H groups in total. The third-order valence-electron chi connectivity index (χ3n) is 4.28. The third kappa shape index (κ3) is 4.93. The van der Waals surface area contributed by atoms with Gasteiger partial charge in [-0.3, -0.25) is 4.79 Å². The van der Waals surface area contributed by atoms with E-state index in [9.17, 15) is 4.79 Å². The Morgan fingerprint density at radius 1 is 1.42 bits per heavy atom. The third-order valence-corrected chi connectivity index (χ3v) is 4.28. The van der Waals surface area contributed by atoms with E-state index in [0.29, 0.717) is 12.0 Å². The number of carbonyl (C=O) groups is 1. The summed E-state index contributed by atoms with van der Waals surface area (Å²) in [6, 6.07) is 0.385. The largest absolute Gasteiger partial charge is 0.351 e. The summed E-state index contributed by atoms with van der Waals surface area (Å²) in [4.78, 5) is 14.6. The van der Waals surface area contributed by atoms with Crippen LogP contribution in [0.5, 0.6) is 0 Å². The van der Waals surface area contributed by atoms with Crippen molar-refractivity contribution >= 4 is 18.3 Å². The van der Waals surface area contributed by atoms with Crippen molar-refractivity contribution in [3.63, 3.8) is 0 Å². The molecule has 2 fully saturated rings. The van der Waals surface area contributed by atoms with Crippen LogP contribution in [0.1, 0.15) is 39.5 Å². The van der Waals surface area contributed by atoms with Gasteiger partial charge in [-0.25, -0.2) is 0 Å². The molecule has 0 aromatic heterocycles. The summed E-state index contributed by atoms with van der Waals surface area (Å²) >= 11 is 0. The number of nitrogens with zero attached hydrogens (tertiary/aromatic N) is 1. The minimum absolute atomic E-state index is 0. The van der Waals surface area contributed by atoms with Gasteiger partial charge in [-0.05, 0) is 51.2 Å². The van der Waals surface area contributed by atoms with Crippen molar-refractivity contribution in [2.45, 2.75) is 51.6 Å². The monoisotopic (exact) mass is 289 g/mol. The number of nitrogens with one attached hydrogen (secondary N) is 2. The number of halogens is 1. The van der Waals surface area contributed by atoms with Gasteiger partial charge in [0.25, 0.3) is 0 Å². The molecular weight excluding hydrogens is 262 g/mol. The van der Waals surface area contributed by atoms with Gasteiger partial charge in [0.15, 0.2) is 0 Å². The van der Waals surface area contributed by atoms with Crippen molar-refractivity contribution in [2.75, 3.05) is 26.2 Å². The van der Waals surface area contributed by atoms with Gasteiger partial charge in [0.1, 0.15) is 0 Å². The van der Waals surface area contributed by atoms with Gasteiger partial charge in [-0.2, -0.15) is 0 Å². The smallest absolute Gasteiger partial charge is 0.237 e. The van der Waals surface area contributed by atoms with E-state index in [1.54, 1.807) is 0 Å². The van der Waals surface area contributed by atoms with Crippen molar-refractivity contribution in [1.29, 1.82) is 0 Å². The van der Waals surface area contributed by atoms with Gasteiger partial charge in [-0.1, -0.05) is 13.8 Å². The first-order valence-corrected chi connectivity index (χ1v) is 7.45. The van der Waals surface area contributed by atoms with Crippen LogP contribution in [0, 0.1) is 5.92 Å². The Bertz CT molecular complexity index is 288. The average molecular weight is 290 g/mol. The summed E-state index contributed by atoms with van der Waals surface area (Å²) in [6.07, 6.45) is 4.50. The minimum atomic E-state index is 0. The fourth-order valence-corrected chi connectivity index (χ4v) is 3.07.